The second-order valence-corrected chi connectivity index (χ2v) is 8.15. The van der Waals surface area contributed by atoms with Crippen molar-refractivity contribution in [1.82, 2.24) is 25.3 Å². The van der Waals surface area contributed by atoms with Crippen molar-refractivity contribution in [3.05, 3.63) is 29.3 Å². The summed E-state index contributed by atoms with van der Waals surface area (Å²) in [5.74, 6) is -3.76. The van der Waals surface area contributed by atoms with Crippen LogP contribution in [0.15, 0.2) is 12.4 Å². The lowest BCUT2D eigenvalue weighted by Crippen LogP contribution is -2.29. The molecule has 1 saturated heterocycles. The van der Waals surface area contributed by atoms with E-state index >= 15 is 0 Å². The largest absolute Gasteiger partial charge is 0.318 e. The van der Waals surface area contributed by atoms with E-state index in [1.165, 1.54) is 0 Å². The number of anilines is 1. The van der Waals surface area contributed by atoms with E-state index < -0.39 is 17.3 Å². The van der Waals surface area contributed by atoms with Crippen molar-refractivity contribution in [3.63, 3.8) is 0 Å². The average molecular weight is 376 g/mol. The molecule has 5 rings (SSSR count). The predicted molar refractivity (Wildman–Crippen MR) is 93.9 cm³/mol. The first-order valence-corrected chi connectivity index (χ1v) is 9.40. The molecule has 0 aromatic carbocycles. The number of H-pyrrole nitrogens is 1. The zero-order chi connectivity index (χ0) is 18.8. The van der Waals surface area contributed by atoms with E-state index in [-0.39, 0.29) is 24.4 Å². The number of nitrogens with one attached hydrogen (secondary N) is 3. The molecule has 144 valence electrons. The summed E-state index contributed by atoms with van der Waals surface area (Å²) in [6.45, 7) is 3.52. The summed E-state index contributed by atoms with van der Waals surface area (Å²) in [6, 6.07) is 0.324. The highest BCUT2D eigenvalue weighted by molar-refractivity contribution is 6.04. The number of halogens is 2. The van der Waals surface area contributed by atoms with Gasteiger partial charge in [-0.3, -0.25) is 14.6 Å². The lowest BCUT2D eigenvalue weighted by molar-refractivity contribution is 0.0631. The van der Waals surface area contributed by atoms with Gasteiger partial charge >= 0.3 is 0 Å². The summed E-state index contributed by atoms with van der Waals surface area (Å²) in [4.78, 5) is 12.7. The fourth-order valence-corrected chi connectivity index (χ4v) is 4.66. The van der Waals surface area contributed by atoms with Gasteiger partial charge in [0, 0.05) is 35.2 Å². The van der Waals surface area contributed by atoms with Crippen molar-refractivity contribution >= 4 is 11.6 Å². The van der Waals surface area contributed by atoms with Gasteiger partial charge in [-0.25, -0.2) is 8.78 Å². The lowest BCUT2D eigenvalue weighted by Gasteiger charge is -2.22. The Labute approximate surface area is 154 Å². The van der Waals surface area contributed by atoms with Crippen molar-refractivity contribution in [2.45, 2.75) is 44.6 Å². The van der Waals surface area contributed by atoms with Crippen LogP contribution in [0.4, 0.5) is 14.5 Å². The van der Waals surface area contributed by atoms with Gasteiger partial charge < -0.3 is 10.6 Å². The van der Waals surface area contributed by atoms with Crippen molar-refractivity contribution in [3.8, 4) is 0 Å². The molecule has 3 heterocycles. The topological polar surface area (TPSA) is 87.6 Å². The number of fused-ring (bicyclic) bond motifs is 2. The second-order valence-electron chi connectivity index (χ2n) is 8.15. The number of rotatable bonds is 3. The van der Waals surface area contributed by atoms with E-state index in [9.17, 15) is 13.6 Å². The predicted octanol–water partition coefficient (Wildman–Crippen LogP) is 2.15. The van der Waals surface area contributed by atoms with Gasteiger partial charge in [-0.15, -0.1) is 0 Å². The van der Waals surface area contributed by atoms with Gasteiger partial charge in [-0.05, 0) is 32.4 Å². The minimum absolute atomic E-state index is 0.187. The van der Waals surface area contributed by atoms with Gasteiger partial charge in [0.15, 0.2) is 5.69 Å². The first-order valence-electron chi connectivity index (χ1n) is 9.40. The Morgan fingerprint density at radius 1 is 1.37 bits per heavy atom. The number of aromatic amines is 1. The third-order valence-electron chi connectivity index (χ3n) is 6.55. The summed E-state index contributed by atoms with van der Waals surface area (Å²) >= 11 is 0. The molecular weight excluding hydrogens is 354 g/mol. The maximum atomic E-state index is 14.0. The third kappa shape index (κ3) is 2.44. The third-order valence-corrected chi connectivity index (χ3v) is 6.55. The number of carbonyl (C=O) groups is 1. The maximum absolute atomic E-state index is 14.0. The highest BCUT2D eigenvalue weighted by Gasteiger charge is 2.78. The highest BCUT2D eigenvalue weighted by Crippen LogP contribution is 2.70. The molecule has 7 nitrogen and oxygen atoms in total. The van der Waals surface area contributed by atoms with Crippen LogP contribution < -0.4 is 10.6 Å². The molecule has 3 N–H and O–H groups in total. The first-order chi connectivity index (χ1) is 12.9. The van der Waals surface area contributed by atoms with Crippen molar-refractivity contribution < 1.29 is 13.6 Å². The van der Waals surface area contributed by atoms with Crippen LogP contribution in [0.25, 0.3) is 0 Å². The second kappa shape index (κ2) is 5.60. The van der Waals surface area contributed by atoms with Gasteiger partial charge in [-0.2, -0.15) is 10.2 Å². The molecular formula is C18H22F2N6O. The molecule has 2 aromatic heterocycles. The molecule has 2 aromatic rings. The molecule has 2 aliphatic carbocycles. The monoisotopic (exact) mass is 376 g/mol. The molecule has 2 fully saturated rings. The summed E-state index contributed by atoms with van der Waals surface area (Å²) in [5.41, 5.74) is 1.08. The Bertz CT molecular complexity index is 900. The normalized spacial score (nSPS) is 29.1. The zero-order valence-corrected chi connectivity index (χ0v) is 15.1. The van der Waals surface area contributed by atoms with Gasteiger partial charge in [-0.1, -0.05) is 6.92 Å². The Kier molecular flexibility index (Phi) is 3.50. The standard InChI is InChI=1S/C18H22F2N6O/c1-17-7-13-12(6-14(17)18(17,19)20)15(25-24-13)16(27)23-10-8-22-26(9-10)11-2-4-21-5-3-11/h8-9,11,14,21H,2-7H2,1H3,(H,23,27)(H,24,25)/t14-,17+/m0/s1. The Hall–Kier alpha value is -2.29. The molecule has 27 heavy (non-hydrogen) atoms. The summed E-state index contributed by atoms with van der Waals surface area (Å²) in [6.07, 6.45) is 5.84. The lowest BCUT2D eigenvalue weighted by atomic mass is 9.87. The van der Waals surface area contributed by atoms with Gasteiger partial charge in [0.2, 0.25) is 0 Å². The van der Waals surface area contributed by atoms with Crippen molar-refractivity contribution in [2.24, 2.45) is 11.3 Å². The minimum Gasteiger partial charge on any atom is -0.318 e. The average Bonchev–Trinajstić information content (AvgIpc) is 3.09. The smallest absolute Gasteiger partial charge is 0.276 e. The number of hydrogen-bond acceptors (Lipinski definition) is 4. The summed E-state index contributed by atoms with van der Waals surface area (Å²) in [7, 11) is 0. The number of nitrogens with zero attached hydrogens (tertiary/aromatic N) is 3. The molecule has 0 bridgehead atoms. The highest BCUT2D eigenvalue weighted by atomic mass is 19.3. The van der Waals surface area contributed by atoms with Crippen LogP contribution in [-0.4, -0.2) is 44.9 Å². The molecule has 1 amide bonds. The Balaban J connectivity index is 1.32. The van der Waals surface area contributed by atoms with E-state index in [1.54, 1.807) is 13.1 Å². The van der Waals surface area contributed by atoms with Crippen LogP contribution >= 0.6 is 0 Å². The first kappa shape index (κ1) is 16.9. The molecule has 0 unspecified atom stereocenters. The Morgan fingerprint density at radius 3 is 2.93 bits per heavy atom. The number of amides is 1. The molecule has 1 aliphatic heterocycles. The minimum atomic E-state index is -2.67. The fraction of sp³-hybridized carbons (Fsp3) is 0.611. The van der Waals surface area contributed by atoms with Crippen LogP contribution in [0, 0.1) is 11.3 Å². The SMILES string of the molecule is C[C@@]12Cc3[nH]nc(C(=O)Nc4cnn(C5CCNCC5)c4)c3C[C@@H]1C2(F)F. The molecule has 0 spiro atoms. The number of aromatic nitrogens is 4. The molecule has 0 radical (unpaired) electrons. The van der Waals surface area contributed by atoms with E-state index in [4.69, 9.17) is 0 Å². The van der Waals surface area contributed by atoms with Crippen molar-refractivity contribution in [2.75, 3.05) is 18.4 Å². The zero-order valence-electron chi connectivity index (χ0n) is 15.1. The van der Waals surface area contributed by atoms with Crippen LogP contribution in [0.5, 0.6) is 0 Å². The summed E-state index contributed by atoms with van der Waals surface area (Å²) < 4.78 is 30.0. The maximum Gasteiger partial charge on any atom is 0.276 e. The van der Waals surface area contributed by atoms with Crippen LogP contribution in [0.3, 0.4) is 0 Å². The van der Waals surface area contributed by atoms with E-state index in [2.05, 4.69) is 25.9 Å². The summed E-state index contributed by atoms with van der Waals surface area (Å²) in [5, 5.41) is 17.4. The number of hydrogen-bond donors (Lipinski definition) is 3. The number of alkyl halides is 2. The van der Waals surface area contributed by atoms with E-state index in [0.29, 0.717) is 23.0 Å². The van der Waals surface area contributed by atoms with Crippen LogP contribution in [-0.2, 0) is 12.8 Å². The van der Waals surface area contributed by atoms with Gasteiger partial charge in [0.25, 0.3) is 11.8 Å². The molecule has 3 aliphatic rings. The molecule has 2 atom stereocenters. The van der Waals surface area contributed by atoms with E-state index in [1.807, 2.05) is 10.9 Å². The van der Waals surface area contributed by atoms with Gasteiger partial charge in [0.05, 0.1) is 17.9 Å². The quantitative estimate of drug-likeness (QED) is 0.766. The van der Waals surface area contributed by atoms with Crippen LogP contribution in [0.2, 0.25) is 0 Å². The van der Waals surface area contributed by atoms with Gasteiger partial charge in [0.1, 0.15) is 0 Å². The van der Waals surface area contributed by atoms with Crippen LogP contribution in [0.1, 0.15) is 47.6 Å². The Morgan fingerprint density at radius 2 is 2.15 bits per heavy atom. The molecule has 9 heteroatoms. The van der Waals surface area contributed by atoms with Crippen molar-refractivity contribution in [1.29, 1.82) is 0 Å². The number of carbonyl (C=O) groups excluding carboxylic acids is 1. The number of piperidine rings is 1. The fourth-order valence-electron chi connectivity index (χ4n) is 4.66. The van der Waals surface area contributed by atoms with E-state index in [0.717, 1.165) is 25.9 Å². The molecule has 1 saturated carbocycles.